The summed E-state index contributed by atoms with van der Waals surface area (Å²) in [4.78, 5) is 46.0. The third kappa shape index (κ3) is 10.9. The molecule has 208 valence electrons. The molecule has 0 aliphatic carbocycles. The van der Waals surface area contributed by atoms with Crippen LogP contribution in [0.5, 0.6) is 5.75 Å². The summed E-state index contributed by atoms with van der Waals surface area (Å²) in [5.74, 6) is -2.32. The molecule has 2 unspecified atom stereocenters. The lowest BCUT2D eigenvalue weighted by atomic mass is 9.95. The Morgan fingerprint density at radius 2 is 1.61 bits per heavy atom. The summed E-state index contributed by atoms with van der Waals surface area (Å²) < 4.78 is 0. The Morgan fingerprint density at radius 1 is 1.00 bits per heavy atom. The molecule has 11 N–H and O–H groups in total. The maximum Gasteiger partial charge on any atom is 0.326 e. The molecule has 0 saturated carbocycles. The number of amides is 3. The molecule has 2 rings (SSSR count). The maximum atomic E-state index is 11.9. The summed E-state index contributed by atoms with van der Waals surface area (Å²) in [6.07, 6.45) is 1.73. The van der Waals surface area contributed by atoms with Gasteiger partial charge in [0.05, 0.1) is 13.1 Å². The molecule has 0 saturated heterocycles. The van der Waals surface area contributed by atoms with Gasteiger partial charge >= 0.3 is 5.97 Å². The highest BCUT2D eigenvalue weighted by Crippen LogP contribution is 2.30. The van der Waals surface area contributed by atoms with Crippen molar-refractivity contribution in [1.29, 1.82) is 0 Å². The van der Waals surface area contributed by atoms with Crippen LogP contribution in [0.1, 0.15) is 31.4 Å². The number of carbonyl (C=O) groups excluding carboxylic acids is 3. The second-order valence-electron chi connectivity index (χ2n) is 8.60. The number of carboxylic acids is 1. The summed E-state index contributed by atoms with van der Waals surface area (Å²) >= 11 is 0. The minimum absolute atomic E-state index is 0.116. The van der Waals surface area contributed by atoms with E-state index in [0.717, 1.165) is 18.5 Å². The van der Waals surface area contributed by atoms with Crippen molar-refractivity contribution >= 4 is 29.9 Å². The Hall–Kier alpha value is -4.00. The molecule has 0 aromatic heterocycles. The van der Waals surface area contributed by atoms with E-state index in [1.165, 1.54) is 0 Å². The molecule has 0 spiro atoms. The number of hydrogen-bond acceptors (Lipinski definition) is 8. The Morgan fingerprint density at radius 3 is 2.13 bits per heavy atom. The highest BCUT2D eigenvalue weighted by Gasteiger charge is 2.22. The first-order valence-electron chi connectivity index (χ1n) is 12.2. The third-order valence-corrected chi connectivity index (χ3v) is 5.21. The normalized spacial score (nSPS) is 11.8. The van der Waals surface area contributed by atoms with Gasteiger partial charge < -0.3 is 43.4 Å². The number of nitrogens with one attached hydrogen (secondary N) is 3. The van der Waals surface area contributed by atoms with Gasteiger partial charge in [0.1, 0.15) is 11.8 Å². The lowest BCUT2D eigenvalue weighted by Gasteiger charge is -2.18. The smallest absolute Gasteiger partial charge is 0.326 e. The molecule has 2 atom stereocenters. The highest BCUT2D eigenvalue weighted by atomic mass is 16.4. The van der Waals surface area contributed by atoms with Crippen LogP contribution in [0.2, 0.25) is 0 Å². The number of nitrogens with two attached hydrogens (primary N) is 3. The minimum Gasteiger partial charge on any atom is -0.508 e. The van der Waals surface area contributed by atoms with Crippen LogP contribution in [0.4, 0.5) is 5.69 Å². The Kier molecular flexibility index (Phi) is 14.1. The second-order valence-corrected chi connectivity index (χ2v) is 8.60. The van der Waals surface area contributed by atoms with E-state index in [0.29, 0.717) is 35.2 Å². The molecule has 12 heteroatoms. The van der Waals surface area contributed by atoms with Gasteiger partial charge in [0.2, 0.25) is 18.2 Å². The zero-order chi connectivity index (χ0) is 28.7. The van der Waals surface area contributed by atoms with E-state index >= 15 is 0 Å². The van der Waals surface area contributed by atoms with Gasteiger partial charge in [-0.25, -0.2) is 4.79 Å². The van der Waals surface area contributed by atoms with Crippen LogP contribution in [0.25, 0.3) is 11.1 Å². The zero-order valence-corrected chi connectivity index (χ0v) is 21.7. The van der Waals surface area contributed by atoms with Crippen molar-refractivity contribution in [3.05, 3.63) is 47.5 Å². The van der Waals surface area contributed by atoms with Crippen molar-refractivity contribution < 1.29 is 29.4 Å². The number of phenols is 1. The Labute approximate surface area is 222 Å². The van der Waals surface area contributed by atoms with Gasteiger partial charge in [-0.3, -0.25) is 14.4 Å². The molecule has 3 amide bonds. The predicted octanol–water partition coefficient (Wildman–Crippen LogP) is 0.0591. The quantitative estimate of drug-likeness (QED) is 0.164. The van der Waals surface area contributed by atoms with E-state index in [9.17, 15) is 29.4 Å². The number of aliphatic carboxylic acids is 1. The van der Waals surface area contributed by atoms with Crippen molar-refractivity contribution in [2.45, 2.75) is 45.2 Å². The average Bonchev–Trinajstić information content (AvgIpc) is 2.88. The summed E-state index contributed by atoms with van der Waals surface area (Å²) in [5, 5.41) is 26.9. The lowest BCUT2D eigenvalue weighted by Crippen LogP contribution is -2.45. The Bertz CT molecular complexity index is 1090. The summed E-state index contributed by atoms with van der Waals surface area (Å²) in [7, 11) is 0. The molecular weight excluding hydrogens is 492 g/mol. The predicted molar refractivity (Wildman–Crippen MR) is 145 cm³/mol. The zero-order valence-electron chi connectivity index (χ0n) is 21.7. The maximum absolute atomic E-state index is 11.9. The number of rotatable bonds is 13. The van der Waals surface area contributed by atoms with Crippen molar-refractivity contribution in [2.75, 3.05) is 25.0 Å². The summed E-state index contributed by atoms with van der Waals surface area (Å²) in [6.45, 7) is 4.06. The molecule has 0 heterocycles. The van der Waals surface area contributed by atoms with E-state index in [-0.39, 0.29) is 31.3 Å². The Balaban J connectivity index is 0.00000168. The number of hydrogen-bond donors (Lipinski definition) is 8. The minimum atomic E-state index is -1.32. The third-order valence-electron chi connectivity index (χ3n) is 5.21. The van der Waals surface area contributed by atoms with Crippen LogP contribution in [0.3, 0.4) is 0 Å². The largest absolute Gasteiger partial charge is 0.508 e. The molecule has 0 bridgehead atoms. The van der Waals surface area contributed by atoms with Gasteiger partial charge in [0.15, 0.2) is 0 Å². The number of anilines is 1. The monoisotopic (exact) mass is 530 g/mol. The lowest BCUT2D eigenvalue weighted by molar-refractivity contribution is -0.141. The molecule has 2 aromatic rings. The number of carbonyl (C=O) groups is 4. The number of phenolic OH excluding ortho intramolecular Hbond substituents is 1. The van der Waals surface area contributed by atoms with E-state index < -0.39 is 23.8 Å². The molecule has 2 aromatic carbocycles. The first-order valence-corrected chi connectivity index (χ1v) is 12.2. The van der Waals surface area contributed by atoms with Crippen LogP contribution in [0, 0.1) is 0 Å². The first kappa shape index (κ1) is 32.0. The van der Waals surface area contributed by atoms with Gasteiger partial charge in [-0.05, 0) is 72.8 Å². The van der Waals surface area contributed by atoms with Gasteiger partial charge in [-0.1, -0.05) is 19.1 Å². The van der Waals surface area contributed by atoms with Gasteiger partial charge in [0.25, 0.3) is 0 Å². The van der Waals surface area contributed by atoms with Crippen molar-refractivity contribution in [1.82, 2.24) is 10.6 Å². The molecule has 38 heavy (non-hydrogen) atoms. The fraction of sp³-hybridized carbons (Fsp3) is 0.385. The first-order chi connectivity index (χ1) is 18.1. The molecular formula is C26H38N6O6. The van der Waals surface area contributed by atoms with Crippen LogP contribution in [-0.4, -0.2) is 66.1 Å². The van der Waals surface area contributed by atoms with E-state index in [1.54, 1.807) is 36.4 Å². The van der Waals surface area contributed by atoms with Crippen molar-refractivity contribution in [3.63, 3.8) is 0 Å². The molecule has 0 aliphatic heterocycles. The summed E-state index contributed by atoms with van der Waals surface area (Å²) in [6, 6.07) is 8.61. The van der Waals surface area contributed by atoms with E-state index in [1.807, 2.05) is 6.92 Å². The van der Waals surface area contributed by atoms with Crippen molar-refractivity contribution in [3.8, 4) is 16.9 Å². The SMILES string of the molecule is CC(N)Cc1cc(-c2ccc(NC(=O)CN)c(CC(NC(=O)CNC=O)C(=O)O)c2)ccc1O.CCCN. The van der Waals surface area contributed by atoms with E-state index in [4.69, 9.17) is 17.2 Å². The molecule has 0 fully saturated rings. The number of aromatic hydroxyl groups is 1. The van der Waals surface area contributed by atoms with E-state index in [2.05, 4.69) is 22.9 Å². The van der Waals surface area contributed by atoms with Crippen LogP contribution >= 0.6 is 0 Å². The molecule has 0 aliphatic rings. The van der Waals surface area contributed by atoms with Crippen molar-refractivity contribution in [2.24, 2.45) is 17.2 Å². The standard InChI is InChI=1S/C23H29N5O6.C3H9N/c1-13(25)6-17-8-15(3-5-20(17)30)14-2-4-18(27-21(31)10-24)16(7-14)9-19(23(33)34)28-22(32)11-26-12-29;1-2-3-4/h2-5,7-8,12-13,19,30H,6,9-11,24-25H2,1H3,(H,26,29)(H,27,31)(H,28,32)(H,33,34);2-4H2,1H3. The van der Waals surface area contributed by atoms with Crippen LogP contribution in [0.15, 0.2) is 36.4 Å². The molecule has 12 nitrogen and oxygen atoms in total. The number of carboxylic acid groups (broad SMARTS) is 1. The second kappa shape index (κ2) is 16.7. The fourth-order valence-corrected chi connectivity index (χ4v) is 3.34. The van der Waals surface area contributed by atoms with Gasteiger partial charge in [-0.15, -0.1) is 0 Å². The van der Waals surface area contributed by atoms with Gasteiger partial charge in [-0.2, -0.15) is 0 Å². The van der Waals surface area contributed by atoms with Crippen LogP contribution < -0.4 is 33.2 Å². The summed E-state index contributed by atoms with van der Waals surface area (Å²) in [5.41, 5.74) is 19.2. The van der Waals surface area contributed by atoms with Crippen LogP contribution in [-0.2, 0) is 32.0 Å². The number of benzene rings is 2. The molecule has 0 radical (unpaired) electrons. The van der Waals surface area contributed by atoms with Gasteiger partial charge in [0, 0.05) is 18.2 Å². The fourth-order valence-electron chi connectivity index (χ4n) is 3.34. The topological polar surface area (TPSA) is 223 Å². The highest BCUT2D eigenvalue weighted by molar-refractivity contribution is 5.93. The average molecular weight is 531 g/mol.